The third kappa shape index (κ3) is 6.91. The van der Waals surface area contributed by atoms with Gasteiger partial charge in [0.1, 0.15) is 11.9 Å². The first-order chi connectivity index (χ1) is 18.7. The van der Waals surface area contributed by atoms with Gasteiger partial charge in [0.2, 0.25) is 0 Å². The molecule has 0 spiro atoms. The molecule has 0 bridgehead atoms. The number of amides is 2. The number of hydrogen-bond donors (Lipinski definition) is 2. The van der Waals surface area contributed by atoms with E-state index < -0.39 is 57.0 Å². The van der Waals surface area contributed by atoms with Gasteiger partial charge >= 0.3 is 12.4 Å². The predicted molar refractivity (Wildman–Crippen MR) is 140 cm³/mol. The molecule has 2 N–H and O–H groups in total. The van der Waals surface area contributed by atoms with E-state index in [1.807, 2.05) is 0 Å². The van der Waals surface area contributed by atoms with Gasteiger partial charge < -0.3 is 15.3 Å². The normalized spacial score (nSPS) is 15.8. The quantitative estimate of drug-likeness (QED) is 0.317. The average Bonchev–Trinajstić information content (AvgIpc) is 3.28. The summed E-state index contributed by atoms with van der Waals surface area (Å²) in [5.41, 5.74) is -7.38. The lowest BCUT2D eigenvalue weighted by atomic mass is 9.80. The highest BCUT2D eigenvalue weighted by molar-refractivity contribution is 7.17. The molecule has 0 atom stereocenters. The molecule has 0 saturated carbocycles. The van der Waals surface area contributed by atoms with Gasteiger partial charge in [0, 0.05) is 25.2 Å². The van der Waals surface area contributed by atoms with Crippen molar-refractivity contribution in [3.8, 4) is 10.4 Å². The van der Waals surface area contributed by atoms with E-state index in [0.29, 0.717) is 17.4 Å². The number of nitrogens with one attached hydrogen (secondary N) is 1. The topological polar surface area (TPSA) is 82.5 Å². The zero-order valence-corrected chi connectivity index (χ0v) is 24.3. The van der Waals surface area contributed by atoms with Crippen molar-refractivity contribution >= 4 is 46.4 Å². The van der Waals surface area contributed by atoms with Gasteiger partial charge in [-0.1, -0.05) is 35.3 Å². The van der Waals surface area contributed by atoms with Crippen molar-refractivity contribution in [2.45, 2.75) is 69.6 Å². The van der Waals surface area contributed by atoms with E-state index in [1.54, 1.807) is 0 Å². The molecular formula is C25H26Cl2F7N3O3S. The van der Waals surface area contributed by atoms with E-state index >= 15 is 0 Å². The van der Waals surface area contributed by atoms with Crippen LogP contribution in [0.1, 0.15) is 65.9 Å². The largest absolute Gasteiger partial charge is 0.406 e. The summed E-state index contributed by atoms with van der Waals surface area (Å²) < 4.78 is 96.0. The third-order valence-electron chi connectivity index (χ3n) is 6.76. The third-order valence-corrected chi connectivity index (χ3v) is 8.73. The molecule has 6 nitrogen and oxygen atoms in total. The van der Waals surface area contributed by atoms with Crippen LogP contribution in [0, 0.1) is 0 Å². The number of aliphatic hydroxyl groups is 1. The molecule has 1 saturated heterocycles. The Morgan fingerprint density at radius 1 is 1.05 bits per heavy atom. The fourth-order valence-electron chi connectivity index (χ4n) is 4.08. The fraction of sp³-hybridized carbons (Fsp3) is 0.560. The van der Waals surface area contributed by atoms with Crippen molar-refractivity contribution in [2.24, 2.45) is 0 Å². The van der Waals surface area contributed by atoms with Crippen LogP contribution in [-0.4, -0.2) is 70.6 Å². The van der Waals surface area contributed by atoms with E-state index in [2.05, 4.69) is 10.3 Å². The van der Waals surface area contributed by atoms with Gasteiger partial charge in [-0.05, 0) is 45.6 Å². The van der Waals surface area contributed by atoms with Crippen molar-refractivity contribution in [3.63, 3.8) is 0 Å². The Kier molecular flexibility index (Phi) is 9.63. The number of likely N-dealkylation sites (tertiary alicyclic amines) is 1. The van der Waals surface area contributed by atoms with E-state index in [9.17, 15) is 45.4 Å². The maximum Gasteiger partial charge on any atom is 0.406 e. The molecule has 41 heavy (non-hydrogen) atoms. The van der Waals surface area contributed by atoms with Crippen LogP contribution in [0.5, 0.6) is 0 Å². The van der Waals surface area contributed by atoms with Crippen LogP contribution in [0.4, 0.5) is 30.7 Å². The Hall–Kier alpha value is -2.16. The maximum absolute atomic E-state index is 13.7. The van der Waals surface area contributed by atoms with Crippen molar-refractivity contribution in [2.75, 3.05) is 19.6 Å². The van der Waals surface area contributed by atoms with Crippen LogP contribution < -0.4 is 5.32 Å². The number of thiazole rings is 1. The molecule has 0 unspecified atom stereocenters. The van der Waals surface area contributed by atoms with Gasteiger partial charge in [-0.25, -0.2) is 9.37 Å². The van der Waals surface area contributed by atoms with E-state index in [-0.39, 0.29) is 67.0 Å². The van der Waals surface area contributed by atoms with Crippen LogP contribution in [-0.2, 0) is 5.41 Å². The van der Waals surface area contributed by atoms with Crippen LogP contribution >= 0.6 is 34.5 Å². The molecular weight excluding hydrogens is 626 g/mol. The molecule has 2 aromatic rings. The average molecular weight is 652 g/mol. The maximum atomic E-state index is 13.7. The first kappa shape index (κ1) is 33.3. The highest BCUT2D eigenvalue weighted by Crippen LogP contribution is 2.55. The zero-order chi connectivity index (χ0) is 31.1. The summed E-state index contributed by atoms with van der Waals surface area (Å²) in [6.07, 6.45) is -12.4. The molecule has 228 valence electrons. The fourth-order valence-corrected chi connectivity index (χ4v) is 5.75. The number of piperidine rings is 1. The lowest BCUT2D eigenvalue weighted by Crippen LogP contribution is -2.51. The Morgan fingerprint density at radius 2 is 1.61 bits per heavy atom. The minimum absolute atomic E-state index is 0.0209. The summed E-state index contributed by atoms with van der Waals surface area (Å²) in [6.45, 7) is 3.06. The highest BCUT2D eigenvalue weighted by Gasteiger charge is 2.69. The summed E-state index contributed by atoms with van der Waals surface area (Å²) in [7, 11) is 0. The monoisotopic (exact) mass is 651 g/mol. The van der Waals surface area contributed by atoms with Crippen LogP contribution in [0.15, 0.2) is 12.1 Å². The Morgan fingerprint density at radius 3 is 2.12 bits per heavy atom. The van der Waals surface area contributed by atoms with Crippen molar-refractivity contribution in [3.05, 3.63) is 38.4 Å². The number of halogens is 9. The summed E-state index contributed by atoms with van der Waals surface area (Å²) >= 11 is 12.9. The van der Waals surface area contributed by atoms with Gasteiger partial charge in [0.15, 0.2) is 10.4 Å². The molecule has 1 aromatic carbocycles. The van der Waals surface area contributed by atoms with Crippen molar-refractivity contribution in [1.82, 2.24) is 15.2 Å². The smallest absolute Gasteiger partial charge is 0.390 e. The lowest BCUT2D eigenvalue weighted by molar-refractivity contribution is -0.297. The van der Waals surface area contributed by atoms with E-state index in [0.717, 1.165) is 6.07 Å². The molecule has 1 aliphatic heterocycles. The molecule has 1 aromatic heterocycles. The van der Waals surface area contributed by atoms with Crippen LogP contribution in [0.2, 0.25) is 10.0 Å². The molecule has 16 heteroatoms. The van der Waals surface area contributed by atoms with Gasteiger partial charge in [-0.3, -0.25) is 9.59 Å². The number of nitrogens with zero attached hydrogens (tertiary/aromatic N) is 2. The second-order valence-electron chi connectivity index (χ2n) is 10.4. The summed E-state index contributed by atoms with van der Waals surface area (Å²) in [4.78, 5) is 31.4. The van der Waals surface area contributed by atoms with Gasteiger partial charge in [-0.2, -0.15) is 26.3 Å². The zero-order valence-electron chi connectivity index (χ0n) is 21.9. The van der Waals surface area contributed by atoms with Crippen molar-refractivity contribution in [1.29, 1.82) is 0 Å². The summed E-state index contributed by atoms with van der Waals surface area (Å²) in [6, 6.07) is 1.38. The second-order valence-corrected chi connectivity index (χ2v) is 12.1. The number of hydrogen-bond acceptors (Lipinski definition) is 5. The first-order valence-electron chi connectivity index (χ1n) is 12.3. The number of alkyl halides is 7. The minimum atomic E-state index is -5.79. The number of aromatic nitrogens is 1. The molecule has 2 heterocycles. The first-order valence-corrected chi connectivity index (χ1v) is 13.8. The minimum Gasteiger partial charge on any atom is -0.390 e. The highest BCUT2D eigenvalue weighted by atomic mass is 35.5. The van der Waals surface area contributed by atoms with Gasteiger partial charge in [-0.15, -0.1) is 11.3 Å². The van der Waals surface area contributed by atoms with Gasteiger partial charge in [0.25, 0.3) is 11.8 Å². The molecule has 2 amide bonds. The molecule has 1 aliphatic rings. The Labute approximate surface area is 244 Å². The number of carbonyl (C=O) groups excluding carboxylic acids is 2. The van der Waals surface area contributed by atoms with E-state index in [1.165, 1.54) is 18.7 Å². The number of rotatable bonds is 7. The molecule has 3 rings (SSSR count). The Bertz CT molecular complexity index is 1290. The number of benzene rings is 1. The van der Waals surface area contributed by atoms with Crippen LogP contribution in [0.3, 0.4) is 0 Å². The molecule has 0 radical (unpaired) electrons. The standard InChI is InChI=1S/C25H26Cl2F7N3O3S/c1-22(2,40)8-9-35-19(38)20-36-17(21(39)37-10-6-12(28)7-11-37)18(41-20)13-4-5-14(16(27)15(13)26)23(3,24(29,30)31)25(32,33)34/h4-5,12,40H,6-11H2,1-3H3,(H,35,38). The second kappa shape index (κ2) is 11.8. The Balaban J connectivity index is 2.12. The molecule has 1 fully saturated rings. The summed E-state index contributed by atoms with van der Waals surface area (Å²) in [5.74, 6) is -1.48. The molecule has 0 aliphatic carbocycles. The van der Waals surface area contributed by atoms with E-state index in [4.69, 9.17) is 23.2 Å². The predicted octanol–water partition coefficient (Wildman–Crippen LogP) is 6.96. The number of carbonyl (C=O) groups is 2. The van der Waals surface area contributed by atoms with Gasteiger partial charge in [0.05, 0.1) is 20.5 Å². The van der Waals surface area contributed by atoms with Crippen LogP contribution in [0.25, 0.3) is 10.4 Å². The lowest BCUT2D eigenvalue weighted by Gasteiger charge is -2.35. The SMILES string of the molecule is CC(C)(O)CCNC(=O)c1nc(C(=O)N2CCC(F)CC2)c(-c2ccc(C(C)(C(F)(F)F)C(F)(F)F)c(Cl)c2Cl)s1. The summed E-state index contributed by atoms with van der Waals surface area (Å²) in [5, 5.41) is 10.4. The van der Waals surface area contributed by atoms with Crippen molar-refractivity contribution < 1.29 is 45.4 Å².